The third kappa shape index (κ3) is 21.4. The number of nitrogens with zero attached hydrogens (tertiary/aromatic N) is 9. The van der Waals surface area contributed by atoms with E-state index in [0.29, 0.717) is 110 Å². The Labute approximate surface area is 622 Å². The summed E-state index contributed by atoms with van der Waals surface area (Å²) >= 11 is 29.1. The molecule has 3 aliphatic heterocycles. The van der Waals surface area contributed by atoms with Gasteiger partial charge in [-0.1, -0.05) is 34.8 Å². The fraction of sp³-hybridized carbons (Fsp3) is 0.471. The number of hydrogen-bond donors (Lipinski definition) is 8. The lowest BCUT2D eigenvalue weighted by Crippen LogP contribution is -2.51. The molecule has 0 aliphatic carbocycles. The monoisotopic (exact) mass is 1550 g/mol. The maximum Gasteiger partial charge on any atom is 0.329 e. The number of methoxy groups -OCH3 is 1. The fourth-order valence-corrected chi connectivity index (χ4v) is 14.5. The average Bonchev–Trinajstić information content (AvgIpc) is 1.63. The molecule has 0 radical (unpaired) electrons. The van der Waals surface area contributed by atoms with Crippen LogP contribution in [0.3, 0.4) is 0 Å². The molecule has 9 N–H and O–H groups in total. The summed E-state index contributed by atoms with van der Waals surface area (Å²) < 4.78 is 29.9. The van der Waals surface area contributed by atoms with Crippen LogP contribution in [0.1, 0.15) is 140 Å². The van der Waals surface area contributed by atoms with Crippen LogP contribution in [0.25, 0.3) is 31.7 Å². The van der Waals surface area contributed by atoms with E-state index in [1.807, 2.05) is 0 Å². The van der Waals surface area contributed by atoms with Crippen LogP contribution in [0.2, 0.25) is 20.4 Å². The van der Waals surface area contributed by atoms with Crippen molar-refractivity contribution in [2.24, 2.45) is 5.73 Å². The van der Waals surface area contributed by atoms with E-state index >= 15 is 0 Å². The van der Waals surface area contributed by atoms with Crippen molar-refractivity contribution in [3.05, 3.63) is 118 Å². The molecule has 7 atom stereocenters. The smallest absolute Gasteiger partial charge is 0.329 e. The summed E-state index contributed by atoms with van der Waals surface area (Å²) in [5.41, 5.74) is 7.20. The molecule has 0 fully saturated rings. The van der Waals surface area contributed by atoms with E-state index in [1.54, 1.807) is 111 Å². The molecule has 0 spiro atoms. The van der Waals surface area contributed by atoms with Gasteiger partial charge in [-0.2, -0.15) is 0 Å². The van der Waals surface area contributed by atoms with Crippen molar-refractivity contribution in [1.29, 1.82) is 0 Å². The Balaban J connectivity index is 0.000000211. The Bertz CT molecular complexity index is 4150. The number of esters is 2. The van der Waals surface area contributed by atoms with Crippen LogP contribution < -0.4 is 26.4 Å². The highest BCUT2D eigenvalue weighted by atomic mass is 35.5. The number of nitrogens with two attached hydrogens (primary N) is 1. The van der Waals surface area contributed by atoms with E-state index in [-0.39, 0.29) is 66.7 Å². The van der Waals surface area contributed by atoms with Crippen LogP contribution in [0, 0.1) is 5.82 Å². The number of amides is 4. The van der Waals surface area contributed by atoms with Gasteiger partial charge in [0.05, 0.1) is 105 Å². The first-order valence-corrected chi connectivity index (χ1v) is 36.3. The Morgan fingerprint density at radius 3 is 1.29 bits per heavy atom. The van der Waals surface area contributed by atoms with Gasteiger partial charge in [0, 0.05) is 77.7 Å². The predicted molar refractivity (Wildman–Crippen MR) is 392 cm³/mol. The van der Waals surface area contributed by atoms with Gasteiger partial charge >= 0.3 is 11.9 Å². The number of rotatable bonds is 20. The highest BCUT2D eigenvalue weighted by Gasteiger charge is 2.39. The molecule has 7 aromatic rings. The molecule has 6 aromatic heterocycles. The summed E-state index contributed by atoms with van der Waals surface area (Å²) in [6.45, 7) is 21.8. The summed E-state index contributed by atoms with van der Waals surface area (Å²) in [6.07, 6.45) is 6.20. The normalized spacial score (nSPS) is 15.6. The van der Waals surface area contributed by atoms with Crippen molar-refractivity contribution in [1.82, 2.24) is 49.9 Å². The zero-order valence-electron chi connectivity index (χ0n) is 58.5. The molecule has 552 valence electrons. The zero-order valence-corrected chi connectivity index (χ0v) is 64.0. The molecule has 34 heteroatoms. The first-order chi connectivity index (χ1) is 48.0. The second-order valence-corrected chi connectivity index (χ2v) is 31.1. The number of carbonyl (C=O) groups excluding carboxylic acids is 6. The molecule has 9 heterocycles. The molecule has 0 saturated heterocycles. The van der Waals surface area contributed by atoms with E-state index in [4.69, 9.17) is 71.5 Å². The van der Waals surface area contributed by atoms with Gasteiger partial charge in [-0.05, 0) is 131 Å². The number of hydrogen-bond acceptors (Lipinski definition) is 25. The minimum atomic E-state index is -0.885. The number of anilines is 2. The predicted octanol–water partition coefficient (Wildman–Crippen LogP) is 9.98. The molecule has 0 saturated carbocycles. The lowest BCUT2D eigenvalue weighted by atomic mass is 10.0. The number of thiophene rings is 3. The molecule has 0 bridgehead atoms. The summed E-state index contributed by atoms with van der Waals surface area (Å²) in [5, 5.41) is 46.2. The molecule has 10 rings (SSSR count). The van der Waals surface area contributed by atoms with Crippen molar-refractivity contribution in [2.75, 3.05) is 63.8 Å². The summed E-state index contributed by atoms with van der Waals surface area (Å²) in [7, 11) is 1.39. The van der Waals surface area contributed by atoms with Crippen LogP contribution in [-0.2, 0) is 43.1 Å². The minimum absolute atomic E-state index is 0.0602. The number of aromatic nitrogens is 6. The van der Waals surface area contributed by atoms with Gasteiger partial charge in [-0.3, -0.25) is 19.2 Å². The summed E-state index contributed by atoms with van der Waals surface area (Å²) in [5.74, 6) is -1.71. The number of nitrogens with one attached hydrogen (secondary N) is 3. The average molecular weight is 1550 g/mol. The Morgan fingerprint density at radius 1 is 0.569 bits per heavy atom. The fourth-order valence-electron chi connectivity index (χ4n) is 10.1. The maximum absolute atomic E-state index is 14.0. The SMILES string of the molecule is CC(C(=O)OC(C)(C)C)N1CCc2sc(-c3nc(Cl)ncc3Cl)cc2C1=O.CC(C(=O)OC(C)(C)C)N1CCc2sc(-c3nc(N[C@@H](C)CO)ncc3Cl)cc2C1=O.COc1cc(F)cc([C@@H](CO)NC(=O)[C@@H](C)N2CCc3sc(-c4nc(N[C@@H](C)CO)ncc4Cl)cc3C2=O)c1.C[C@H](N)CO. The van der Waals surface area contributed by atoms with Gasteiger partial charge in [0.15, 0.2) is 0 Å². The molecule has 1 aromatic carbocycles. The standard InChI is InChI=1S/C26H29ClFN5O5S.C21H27ClN4O4S.C18H19Cl2N3O3S.C3H9NO/c1-13(11-34)30-26-29-10-19(27)23(32-26)22-9-18-21(39-22)4-5-33(25(18)37)14(2)24(36)31-20(12-35)15-6-16(28)8-17(7-15)38-3;1-11(10-27)24-20-23-9-14(22)17(25-20)16-8-13-15(31-16)6-7-26(18(13)28)12(2)19(29)30-21(3,4)5;1-9(16(25)26-18(2,3)4)23-6-5-12-10(15(23)24)7-13(27-12)14-11(19)8-21-17(20)22-14;1-3(4)2-5/h6-10,13-14,20,34-35H,4-5,11-12H2,1-3H3,(H,31,36)(H,29,30,32);8-9,11-12,27H,6-7,10H2,1-5H3,(H,23,24,25);7-9H,5-6H2,1-4H3;3,5H,2,4H2,1H3/t13-,14+,20+;11-,12?;;3-/m00.0/s1. The Kier molecular flexibility index (Phi) is 28.9. The molecule has 4 amide bonds. The molecule has 26 nitrogen and oxygen atoms in total. The lowest BCUT2D eigenvalue weighted by Gasteiger charge is -2.32. The van der Waals surface area contributed by atoms with Crippen LogP contribution in [-0.4, -0.2) is 201 Å². The number of fused-ring (bicyclic) bond motifs is 3. The molecule has 3 aliphatic rings. The first-order valence-electron chi connectivity index (χ1n) is 32.4. The van der Waals surface area contributed by atoms with Gasteiger partial charge in [-0.15, -0.1) is 34.0 Å². The zero-order chi connectivity index (χ0) is 75.4. The van der Waals surface area contributed by atoms with Gasteiger partial charge in [0.25, 0.3) is 17.7 Å². The van der Waals surface area contributed by atoms with Crippen molar-refractivity contribution in [3.63, 3.8) is 0 Å². The van der Waals surface area contributed by atoms with Crippen molar-refractivity contribution in [2.45, 2.75) is 156 Å². The number of aliphatic hydroxyl groups is 4. The van der Waals surface area contributed by atoms with Crippen LogP contribution in [0.5, 0.6) is 5.75 Å². The number of benzene rings is 1. The summed E-state index contributed by atoms with van der Waals surface area (Å²) in [6, 6.07) is 5.56. The van der Waals surface area contributed by atoms with Crippen molar-refractivity contribution < 1.29 is 67.8 Å². The van der Waals surface area contributed by atoms with Gasteiger partial charge in [0.2, 0.25) is 23.1 Å². The quantitative estimate of drug-likeness (QED) is 0.0260. The van der Waals surface area contributed by atoms with E-state index in [2.05, 4.69) is 45.9 Å². The largest absolute Gasteiger partial charge is 0.497 e. The van der Waals surface area contributed by atoms with E-state index in [1.165, 1.54) is 82.8 Å². The van der Waals surface area contributed by atoms with E-state index in [9.17, 15) is 48.5 Å². The van der Waals surface area contributed by atoms with Gasteiger partial charge in [-0.25, -0.2) is 43.9 Å². The molecule has 2 unspecified atom stereocenters. The van der Waals surface area contributed by atoms with E-state index < -0.39 is 65.6 Å². The summed E-state index contributed by atoms with van der Waals surface area (Å²) in [4.78, 5) is 112. The van der Waals surface area contributed by atoms with Crippen molar-refractivity contribution in [3.8, 4) is 37.5 Å². The van der Waals surface area contributed by atoms with E-state index in [0.717, 1.165) is 24.4 Å². The highest BCUT2D eigenvalue weighted by Crippen LogP contribution is 2.41. The second-order valence-electron chi connectivity index (χ2n) is 26.1. The molecular formula is C68H84Cl4FN13O13S3. The van der Waals surface area contributed by atoms with Crippen LogP contribution >= 0.6 is 80.4 Å². The highest BCUT2D eigenvalue weighted by molar-refractivity contribution is 7.16. The van der Waals surface area contributed by atoms with Crippen LogP contribution in [0.15, 0.2) is 55.0 Å². The third-order valence-corrected chi connectivity index (χ3v) is 20.1. The third-order valence-electron chi connectivity index (χ3n) is 15.4. The second kappa shape index (κ2) is 35.9. The molecule has 102 heavy (non-hydrogen) atoms. The van der Waals surface area contributed by atoms with Crippen LogP contribution in [0.4, 0.5) is 16.3 Å². The Morgan fingerprint density at radius 2 is 0.941 bits per heavy atom. The number of carbonyl (C=O) groups is 6. The molecular weight excluding hydrogens is 1460 g/mol. The number of halogens is 5. The maximum atomic E-state index is 14.0. The van der Waals surface area contributed by atoms with Gasteiger partial charge < -0.3 is 71.0 Å². The topological polar surface area (TPSA) is 360 Å². The lowest BCUT2D eigenvalue weighted by molar-refractivity contribution is -0.160. The van der Waals surface area contributed by atoms with Crippen molar-refractivity contribution >= 4 is 128 Å². The number of ether oxygens (including phenoxy) is 3. The Hall–Kier alpha value is -7.33. The minimum Gasteiger partial charge on any atom is -0.497 e. The van der Waals surface area contributed by atoms with Gasteiger partial charge in [0.1, 0.15) is 58.0 Å². The first kappa shape index (κ1) is 82.0. The number of aliphatic hydroxyl groups excluding tert-OH is 4.